The molecule has 0 bridgehead atoms. The molecule has 1 N–H and O–H groups in total. The Morgan fingerprint density at radius 1 is 1.26 bits per heavy atom. The molecule has 0 radical (unpaired) electrons. The Kier molecular flexibility index (Phi) is 6.57. The molecule has 0 aliphatic carbocycles. The van der Waals surface area contributed by atoms with E-state index in [9.17, 15) is 5.11 Å². The zero-order valence-electron chi connectivity index (χ0n) is 12.4. The molecule has 0 aromatic rings. The van der Waals surface area contributed by atoms with Gasteiger partial charge in [0.15, 0.2) is 0 Å². The third kappa shape index (κ3) is 5.03. The predicted octanol–water partition coefficient (Wildman–Crippen LogP) is 1.33. The summed E-state index contributed by atoms with van der Waals surface area (Å²) in [5.74, 6) is 0. The average Bonchev–Trinajstić information content (AvgIpc) is 2.43. The van der Waals surface area contributed by atoms with Gasteiger partial charge in [-0.1, -0.05) is 19.8 Å². The van der Waals surface area contributed by atoms with Crippen LogP contribution in [0.5, 0.6) is 0 Å². The number of hydrogen-bond acceptors (Lipinski definition) is 4. The molecule has 4 nitrogen and oxygen atoms in total. The Labute approximate surface area is 117 Å². The van der Waals surface area contributed by atoms with Crippen molar-refractivity contribution in [3.05, 3.63) is 0 Å². The first kappa shape index (κ1) is 15.2. The van der Waals surface area contributed by atoms with Gasteiger partial charge in [-0.05, 0) is 25.8 Å². The Hall–Kier alpha value is -0.160. The molecule has 0 aromatic heterocycles. The summed E-state index contributed by atoms with van der Waals surface area (Å²) < 4.78 is 5.50. The van der Waals surface area contributed by atoms with Gasteiger partial charge in [-0.3, -0.25) is 9.80 Å². The number of β-amino-alcohol motifs (C(OH)–C–C–N with tert-alkyl or cyclic N) is 1. The van der Waals surface area contributed by atoms with Crippen LogP contribution in [0.25, 0.3) is 0 Å². The standard InChI is InChI=1S/C15H30N2O2/c1-2-3-10-19-13-15(18)12-16-8-9-17-7-5-4-6-14(17)11-16/h14-15,18H,2-13H2,1H3. The van der Waals surface area contributed by atoms with E-state index in [0.29, 0.717) is 6.61 Å². The minimum atomic E-state index is -0.327. The lowest BCUT2D eigenvalue weighted by Gasteiger charge is -2.44. The molecule has 4 heteroatoms. The Morgan fingerprint density at radius 3 is 3.00 bits per heavy atom. The van der Waals surface area contributed by atoms with Gasteiger partial charge in [0, 0.05) is 38.8 Å². The number of ether oxygens (including phenoxy) is 1. The van der Waals surface area contributed by atoms with Crippen molar-refractivity contribution in [2.45, 2.75) is 51.2 Å². The highest BCUT2D eigenvalue weighted by atomic mass is 16.5. The fourth-order valence-electron chi connectivity index (χ4n) is 3.20. The van der Waals surface area contributed by atoms with Crippen molar-refractivity contribution in [1.29, 1.82) is 0 Å². The molecule has 0 spiro atoms. The van der Waals surface area contributed by atoms with Crippen LogP contribution < -0.4 is 0 Å². The molecule has 19 heavy (non-hydrogen) atoms. The van der Waals surface area contributed by atoms with Crippen LogP contribution in [-0.2, 0) is 4.74 Å². The van der Waals surface area contributed by atoms with E-state index in [1.807, 2.05) is 0 Å². The van der Waals surface area contributed by atoms with E-state index in [-0.39, 0.29) is 6.10 Å². The van der Waals surface area contributed by atoms with Crippen molar-refractivity contribution in [2.75, 3.05) is 45.9 Å². The van der Waals surface area contributed by atoms with E-state index in [4.69, 9.17) is 4.74 Å². The Balaban J connectivity index is 1.62. The Bertz CT molecular complexity index is 250. The van der Waals surface area contributed by atoms with E-state index < -0.39 is 0 Å². The van der Waals surface area contributed by atoms with Crippen molar-refractivity contribution in [3.63, 3.8) is 0 Å². The SMILES string of the molecule is CCCCOCC(O)CN1CCN2CCCCC2C1. The largest absolute Gasteiger partial charge is 0.389 e. The number of fused-ring (bicyclic) bond motifs is 1. The van der Waals surface area contributed by atoms with Crippen LogP contribution in [-0.4, -0.2) is 73.0 Å². The molecule has 0 amide bonds. The van der Waals surface area contributed by atoms with Crippen LogP contribution in [0.15, 0.2) is 0 Å². The van der Waals surface area contributed by atoms with Gasteiger partial charge in [-0.15, -0.1) is 0 Å². The second-order valence-electron chi connectivity index (χ2n) is 6.03. The lowest BCUT2D eigenvalue weighted by atomic mass is 9.99. The number of rotatable bonds is 7. The summed E-state index contributed by atoms with van der Waals surface area (Å²) in [4.78, 5) is 5.05. The minimum Gasteiger partial charge on any atom is -0.389 e. The van der Waals surface area contributed by atoms with E-state index in [2.05, 4.69) is 16.7 Å². The van der Waals surface area contributed by atoms with Crippen molar-refractivity contribution in [3.8, 4) is 0 Å². The highest BCUT2D eigenvalue weighted by Gasteiger charge is 2.29. The van der Waals surface area contributed by atoms with Crippen LogP contribution >= 0.6 is 0 Å². The maximum absolute atomic E-state index is 10.0. The third-order valence-electron chi connectivity index (χ3n) is 4.34. The monoisotopic (exact) mass is 270 g/mol. The smallest absolute Gasteiger partial charge is 0.0900 e. The molecule has 0 aromatic carbocycles. The number of aliphatic hydroxyl groups excluding tert-OH is 1. The summed E-state index contributed by atoms with van der Waals surface area (Å²) in [5, 5.41) is 10.0. The number of aliphatic hydroxyl groups is 1. The summed E-state index contributed by atoms with van der Waals surface area (Å²) in [7, 11) is 0. The first-order valence-corrected chi connectivity index (χ1v) is 8.01. The van der Waals surface area contributed by atoms with E-state index >= 15 is 0 Å². The number of unbranched alkanes of at least 4 members (excludes halogenated alkanes) is 1. The maximum atomic E-state index is 10.0. The minimum absolute atomic E-state index is 0.327. The van der Waals surface area contributed by atoms with Gasteiger partial charge in [0.25, 0.3) is 0 Å². The first-order valence-electron chi connectivity index (χ1n) is 8.01. The van der Waals surface area contributed by atoms with Crippen LogP contribution in [0.2, 0.25) is 0 Å². The summed E-state index contributed by atoms with van der Waals surface area (Å²) in [6.45, 7) is 8.89. The molecule has 2 aliphatic rings. The summed E-state index contributed by atoms with van der Waals surface area (Å²) in [6.07, 6.45) is 5.99. The molecule has 112 valence electrons. The predicted molar refractivity (Wildman–Crippen MR) is 77.4 cm³/mol. The van der Waals surface area contributed by atoms with Crippen molar-refractivity contribution in [1.82, 2.24) is 9.80 Å². The number of piperazine rings is 1. The van der Waals surface area contributed by atoms with Gasteiger partial charge in [0.2, 0.25) is 0 Å². The fourth-order valence-corrected chi connectivity index (χ4v) is 3.20. The van der Waals surface area contributed by atoms with E-state index in [0.717, 1.165) is 45.1 Å². The fraction of sp³-hybridized carbons (Fsp3) is 1.00. The van der Waals surface area contributed by atoms with Crippen molar-refractivity contribution >= 4 is 0 Å². The third-order valence-corrected chi connectivity index (χ3v) is 4.34. The van der Waals surface area contributed by atoms with Gasteiger partial charge in [0.1, 0.15) is 0 Å². The molecule has 2 saturated heterocycles. The lowest BCUT2D eigenvalue weighted by molar-refractivity contribution is -0.00986. The topological polar surface area (TPSA) is 35.9 Å². The van der Waals surface area contributed by atoms with Crippen LogP contribution in [0.1, 0.15) is 39.0 Å². The van der Waals surface area contributed by atoms with Gasteiger partial charge in [0.05, 0.1) is 12.7 Å². The van der Waals surface area contributed by atoms with Crippen molar-refractivity contribution < 1.29 is 9.84 Å². The highest BCUT2D eigenvalue weighted by Crippen LogP contribution is 2.21. The van der Waals surface area contributed by atoms with Crippen LogP contribution in [0, 0.1) is 0 Å². The molecule has 0 saturated carbocycles. The van der Waals surface area contributed by atoms with Crippen LogP contribution in [0.3, 0.4) is 0 Å². The molecular formula is C15H30N2O2. The number of nitrogens with zero attached hydrogens (tertiary/aromatic N) is 2. The van der Waals surface area contributed by atoms with Gasteiger partial charge in [-0.2, -0.15) is 0 Å². The summed E-state index contributed by atoms with van der Waals surface area (Å²) in [6, 6.07) is 0.732. The van der Waals surface area contributed by atoms with Gasteiger partial charge < -0.3 is 9.84 Å². The maximum Gasteiger partial charge on any atom is 0.0900 e. The highest BCUT2D eigenvalue weighted by molar-refractivity contribution is 4.85. The summed E-state index contributed by atoms with van der Waals surface area (Å²) in [5.41, 5.74) is 0. The Morgan fingerprint density at radius 2 is 2.16 bits per heavy atom. The molecule has 2 aliphatic heterocycles. The van der Waals surface area contributed by atoms with E-state index in [1.54, 1.807) is 0 Å². The van der Waals surface area contributed by atoms with E-state index in [1.165, 1.54) is 32.4 Å². The lowest BCUT2D eigenvalue weighted by Crippen LogP contribution is -2.56. The van der Waals surface area contributed by atoms with Crippen LogP contribution in [0.4, 0.5) is 0 Å². The molecule has 2 unspecified atom stereocenters. The van der Waals surface area contributed by atoms with Crippen molar-refractivity contribution in [2.24, 2.45) is 0 Å². The first-order chi connectivity index (χ1) is 9.29. The van der Waals surface area contributed by atoms with Gasteiger partial charge in [-0.25, -0.2) is 0 Å². The summed E-state index contributed by atoms with van der Waals surface area (Å²) >= 11 is 0. The molecule has 2 heterocycles. The normalized spacial score (nSPS) is 27.2. The number of hydrogen-bond donors (Lipinski definition) is 1. The van der Waals surface area contributed by atoms with Gasteiger partial charge >= 0.3 is 0 Å². The molecular weight excluding hydrogens is 240 g/mol. The average molecular weight is 270 g/mol. The molecule has 2 rings (SSSR count). The molecule has 2 atom stereocenters. The molecule has 2 fully saturated rings. The quantitative estimate of drug-likeness (QED) is 0.708. The number of piperidine rings is 1. The second kappa shape index (κ2) is 8.20. The zero-order chi connectivity index (χ0) is 13.5. The second-order valence-corrected chi connectivity index (χ2v) is 6.03. The zero-order valence-corrected chi connectivity index (χ0v) is 12.4.